The van der Waals surface area contributed by atoms with Gasteiger partial charge < -0.3 is 9.67 Å². The molecule has 0 amide bonds. The number of rotatable bonds is 1. The van der Waals surface area contributed by atoms with Gasteiger partial charge in [-0.25, -0.2) is 9.97 Å². The third-order valence-electron chi connectivity index (χ3n) is 2.86. The smallest absolute Gasteiger partial charge is 0.178 e. The molecule has 0 aliphatic rings. The zero-order valence-electron chi connectivity index (χ0n) is 9.63. The highest BCUT2D eigenvalue weighted by Crippen LogP contribution is 2.32. The number of fused-ring (bicyclic) bond motifs is 1. The Morgan fingerprint density at radius 2 is 2.11 bits per heavy atom. The lowest BCUT2D eigenvalue weighted by Gasteiger charge is -2.05. The number of hydrogen-bond donors (Lipinski definition) is 1. The van der Waals surface area contributed by atoms with E-state index in [-0.39, 0.29) is 5.75 Å². The predicted octanol–water partition coefficient (Wildman–Crippen LogP) is 2.99. The first-order chi connectivity index (χ1) is 8.66. The zero-order valence-corrected chi connectivity index (χ0v) is 10.4. The topological polar surface area (TPSA) is 50.9 Å². The van der Waals surface area contributed by atoms with Gasteiger partial charge in [-0.1, -0.05) is 11.6 Å². The van der Waals surface area contributed by atoms with Crippen LogP contribution in [0.2, 0.25) is 5.02 Å². The van der Waals surface area contributed by atoms with E-state index >= 15 is 0 Å². The normalized spacial score (nSPS) is 11.0. The summed E-state index contributed by atoms with van der Waals surface area (Å²) in [5.74, 6) is 0.793. The molecule has 0 aliphatic carbocycles. The van der Waals surface area contributed by atoms with Crippen molar-refractivity contribution in [3.05, 3.63) is 41.6 Å². The Hall–Kier alpha value is -2.07. The molecule has 3 aromatic rings. The molecule has 0 atom stereocenters. The van der Waals surface area contributed by atoms with E-state index in [4.69, 9.17) is 11.6 Å². The van der Waals surface area contributed by atoms with Gasteiger partial charge in [0.1, 0.15) is 11.6 Å². The first kappa shape index (κ1) is 11.0. The van der Waals surface area contributed by atoms with E-state index in [0.29, 0.717) is 22.1 Å². The van der Waals surface area contributed by atoms with Gasteiger partial charge in [0.2, 0.25) is 0 Å². The number of pyridine rings is 1. The van der Waals surface area contributed by atoms with Crippen molar-refractivity contribution in [1.29, 1.82) is 0 Å². The minimum absolute atomic E-state index is 0.151. The highest BCUT2D eigenvalue weighted by Gasteiger charge is 2.13. The third-order valence-corrected chi connectivity index (χ3v) is 3.09. The van der Waals surface area contributed by atoms with E-state index in [9.17, 15) is 5.11 Å². The minimum atomic E-state index is 0.151. The minimum Gasteiger partial charge on any atom is -0.507 e. The number of imidazole rings is 1. The van der Waals surface area contributed by atoms with Crippen molar-refractivity contribution in [2.75, 3.05) is 0 Å². The monoisotopic (exact) mass is 259 g/mol. The van der Waals surface area contributed by atoms with Gasteiger partial charge in [-0.15, -0.1) is 0 Å². The van der Waals surface area contributed by atoms with Gasteiger partial charge >= 0.3 is 0 Å². The Morgan fingerprint density at radius 3 is 2.89 bits per heavy atom. The van der Waals surface area contributed by atoms with Crippen molar-refractivity contribution in [2.45, 2.75) is 0 Å². The summed E-state index contributed by atoms with van der Waals surface area (Å²) in [5, 5.41) is 10.5. The summed E-state index contributed by atoms with van der Waals surface area (Å²) in [6.45, 7) is 0. The van der Waals surface area contributed by atoms with Crippen molar-refractivity contribution >= 4 is 22.8 Å². The molecular weight excluding hydrogens is 250 g/mol. The number of phenols is 1. The number of nitrogens with zero attached hydrogens (tertiary/aromatic N) is 3. The van der Waals surface area contributed by atoms with Gasteiger partial charge in [-0.3, -0.25) is 0 Å². The maximum atomic E-state index is 9.91. The van der Waals surface area contributed by atoms with Crippen LogP contribution in [-0.4, -0.2) is 19.6 Å². The third kappa shape index (κ3) is 1.62. The first-order valence-electron chi connectivity index (χ1n) is 5.43. The fraction of sp³-hybridized carbons (Fsp3) is 0.0769. The summed E-state index contributed by atoms with van der Waals surface area (Å²) in [6, 6.07) is 8.68. The molecule has 0 saturated carbocycles. The Morgan fingerprint density at radius 1 is 1.28 bits per heavy atom. The molecule has 2 aromatic heterocycles. The lowest BCUT2D eigenvalue weighted by atomic mass is 10.2. The molecule has 18 heavy (non-hydrogen) atoms. The van der Waals surface area contributed by atoms with E-state index in [0.717, 1.165) is 5.52 Å². The van der Waals surface area contributed by atoms with E-state index in [2.05, 4.69) is 9.97 Å². The van der Waals surface area contributed by atoms with Crippen LogP contribution in [0.5, 0.6) is 5.75 Å². The second-order valence-corrected chi connectivity index (χ2v) is 4.44. The second-order valence-electron chi connectivity index (χ2n) is 4.00. The molecule has 1 aromatic carbocycles. The molecule has 2 heterocycles. The average Bonchev–Trinajstić information content (AvgIpc) is 2.71. The number of aromatic hydroxyl groups is 1. The van der Waals surface area contributed by atoms with Crippen LogP contribution in [-0.2, 0) is 7.05 Å². The molecule has 0 saturated heterocycles. The summed E-state index contributed by atoms with van der Waals surface area (Å²) in [5.41, 5.74) is 2.16. The number of aryl methyl sites for hydroxylation is 1. The molecule has 0 unspecified atom stereocenters. The molecule has 0 fully saturated rings. The van der Waals surface area contributed by atoms with Crippen LogP contribution in [0.15, 0.2) is 36.5 Å². The summed E-state index contributed by atoms with van der Waals surface area (Å²) in [4.78, 5) is 8.61. The highest BCUT2D eigenvalue weighted by atomic mass is 35.5. The lowest BCUT2D eigenvalue weighted by molar-refractivity contribution is 0.476. The van der Waals surface area contributed by atoms with Gasteiger partial charge in [0.05, 0.1) is 11.1 Å². The fourth-order valence-electron chi connectivity index (χ4n) is 1.95. The Labute approximate surface area is 108 Å². The summed E-state index contributed by atoms with van der Waals surface area (Å²) in [7, 11) is 1.88. The average molecular weight is 260 g/mol. The predicted molar refractivity (Wildman–Crippen MR) is 70.6 cm³/mol. The van der Waals surface area contributed by atoms with E-state index < -0.39 is 0 Å². The lowest BCUT2D eigenvalue weighted by Crippen LogP contribution is -1.92. The molecule has 0 bridgehead atoms. The number of halogens is 1. The van der Waals surface area contributed by atoms with Crippen LogP contribution in [0.3, 0.4) is 0 Å². The summed E-state index contributed by atoms with van der Waals surface area (Å²) >= 11 is 5.95. The Bertz CT molecular complexity index is 736. The van der Waals surface area contributed by atoms with Gasteiger partial charge in [0.15, 0.2) is 5.65 Å². The maximum absolute atomic E-state index is 9.91. The van der Waals surface area contributed by atoms with Crippen LogP contribution in [0.4, 0.5) is 0 Å². The van der Waals surface area contributed by atoms with Gasteiger partial charge in [0.25, 0.3) is 0 Å². The second kappa shape index (κ2) is 3.99. The van der Waals surface area contributed by atoms with E-state index in [1.54, 1.807) is 24.4 Å². The Balaban J connectivity index is 2.31. The zero-order chi connectivity index (χ0) is 12.7. The summed E-state index contributed by atoms with van der Waals surface area (Å²) < 4.78 is 1.88. The molecule has 0 radical (unpaired) electrons. The van der Waals surface area contributed by atoms with Gasteiger partial charge in [0, 0.05) is 18.3 Å². The van der Waals surface area contributed by atoms with Crippen LogP contribution in [0.25, 0.3) is 22.6 Å². The molecule has 3 rings (SSSR count). The number of hydrogen-bond acceptors (Lipinski definition) is 3. The number of phenolic OH excluding ortho intramolecular Hbond substituents is 1. The van der Waals surface area contributed by atoms with Crippen LogP contribution in [0, 0.1) is 0 Å². The van der Waals surface area contributed by atoms with Crippen molar-refractivity contribution < 1.29 is 5.11 Å². The standard InChI is InChI=1S/C13H10ClN3O/c1-17-10-3-2-6-15-12(10)16-13(17)9-7-8(14)4-5-11(9)18/h2-7,18H,1H3. The highest BCUT2D eigenvalue weighted by molar-refractivity contribution is 6.30. The molecule has 5 heteroatoms. The quantitative estimate of drug-likeness (QED) is 0.731. The van der Waals surface area contributed by atoms with Crippen LogP contribution >= 0.6 is 11.6 Å². The number of benzene rings is 1. The van der Waals surface area contributed by atoms with Crippen LogP contribution in [0.1, 0.15) is 0 Å². The van der Waals surface area contributed by atoms with Crippen molar-refractivity contribution in [3.63, 3.8) is 0 Å². The largest absolute Gasteiger partial charge is 0.507 e. The van der Waals surface area contributed by atoms with Gasteiger partial charge in [-0.05, 0) is 30.3 Å². The molecule has 4 nitrogen and oxygen atoms in total. The molecular formula is C13H10ClN3O. The Kier molecular flexibility index (Phi) is 2.45. The van der Waals surface area contributed by atoms with E-state index in [1.165, 1.54) is 0 Å². The van der Waals surface area contributed by atoms with Crippen molar-refractivity contribution in [1.82, 2.24) is 14.5 Å². The molecule has 0 aliphatic heterocycles. The van der Waals surface area contributed by atoms with E-state index in [1.807, 2.05) is 23.7 Å². The molecule has 90 valence electrons. The fourth-order valence-corrected chi connectivity index (χ4v) is 2.13. The van der Waals surface area contributed by atoms with Crippen molar-refractivity contribution in [3.8, 4) is 17.1 Å². The number of aromatic nitrogens is 3. The van der Waals surface area contributed by atoms with Gasteiger partial charge in [-0.2, -0.15) is 0 Å². The van der Waals surface area contributed by atoms with Crippen LogP contribution < -0.4 is 0 Å². The molecule has 1 N–H and O–H groups in total. The van der Waals surface area contributed by atoms with Crippen molar-refractivity contribution in [2.24, 2.45) is 7.05 Å². The maximum Gasteiger partial charge on any atom is 0.178 e. The first-order valence-corrected chi connectivity index (χ1v) is 5.81. The molecule has 0 spiro atoms. The SMILES string of the molecule is Cn1c(-c2cc(Cl)ccc2O)nc2ncccc21. The summed E-state index contributed by atoms with van der Waals surface area (Å²) in [6.07, 6.45) is 1.69.